The first kappa shape index (κ1) is 25.1. The molecule has 196 valence electrons. The van der Waals surface area contributed by atoms with Crippen LogP contribution in [0.15, 0.2) is 64.9 Å². The number of likely N-dealkylation sites (N-methyl/N-ethyl adjacent to an activating group) is 1. The lowest BCUT2D eigenvalue weighted by Gasteiger charge is -2.26. The Morgan fingerprint density at radius 1 is 1.41 bits per heavy atom. The second kappa shape index (κ2) is 10.4. The molecule has 0 bridgehead atoms. The number of nitrogens with zero attached hydrogens (tertiary/aromatic N) is 4. The van der Waals surface area contributed by atoms with Gasteiger partial charge in [0.05, 0.1) is 35.4 Å². The fourth-order valence-electron chi connectivity index (χ4n) is 4.51. The molecule has 0 saturated heterocycles. The van der Waals surface area contributed by atoms with Gasteiger partial charge in [0, 0.05) is 43.9 Å². The molecule has 4 heterocycles. The predicted molar refractivity (Wildman–Crippen MR) is 137 cm³/mol. The second-order valence-corrected chi connectivity index (χ2v) is 9.66. The number of hydrogen-bond acceptors (Lipinski definition) is 8. The van der Waals surface area contributed by atoms with Gasteiger partial charge in [0.15, 0.2) is 11.5 Å². The molecule has 0 amide bonds. The Labute approximate surface area is 219 Å². The number of rotatable bonds is 9. The lowest BCUT2D eigenvalue weighted by atomic mass is 10.1. The number of esters is 1. The van der Waals surface area contributed by atoms with Crippen LogP contribution in [0.2, 0.25) is 0 Å². The number of aromatic nitrogens is 2. The van der Waals surface area contributed by atoms with E-state index in [0.29, 0.717) is 54.7 Å². The number of ether oxygens (including phenoxy) is 1. The van der Waals surface area contributed by atoms with Crippen LogP contribution >= 0.6 is 11.6 Å². The van der Waals surface area contributed by atoms with Crippen molar-refractivity contribution in [2.75, 3.05) is 26.7 Å². The molecule has 1 fully saturated rings. The number of carbonyl (C=O) groups excluding carboxylic acids is 1. The van der Waals surface area contributed by atoms with Gasteiger partial charge in [0.25, 0.3) is 0 Å². The number of nitrogens with one attached hydrogen (secondary N) is 2. The number of quaternary nitrogens is 1. The molecule has 2 aliphatic heterocycles. The summed E-state index contributed by atoms with van der Waals surface area (Å²) in [5, 5.41) is 5.27. The average molecular weight is 530 g/mol. The Bertz CT molecular complexity index is 1340. The van der Waals surface area contributed by atoms with Crippen molar-refractivity contribution in [1.82, 2.24) is 30.0 Å². The van der Waals surface area contributed by atoms with Crippen molar-refractivity contribution in [3.63, 3.8) is 0 Å². The number of methoxy groups -OCH3 is 1. The molecule has 1 aliphatic carbocycles. The molecule has 0 atom stereocenters. The molecule has 2 aromatic rings. The maximum absolute atomic E-state index is 14.6. The van der Waals surface area contributed by atoms with Crippen LogP contribution in [0.25, 0.3) is 5.65 Å². The van der Waals surface area contributed by atoms with Gasteiger partial charge < -0.3 is 25.1 Å². The van der Waals surface area contributed by atoms with E-state index in [2.05, 4.69) is 16.9 Å². The van der Waals surface area contributed by atoms with Crippen LogP contribution < -0.4 is 22.0 Å². The summed E-state index contributed by atoms with van der Waals surface area (Å²) in [6.45, 7) is 3.82. The van der Waals surface area contributed by atoms with Crippen molar-refractivity contribution >= 4 is 23.2 Å². The first-order valence-electron chi connectivity index (χ1n) is 12.2. The highest BCUT2D eigenvalue weighted by Gasteiger charge is 2.27. The van der Waals surface area contributed by atoms with Crippen LogP contribution in [0.3, 0.4) is 0 Å². The van der Waals surface area contributed by atoms with E-state index < -0.39 is 5.83 Å². The van der Waals surface area contributed by atoms with E-state index in [1.807, 2.05) is 40.3 Å². The van der Waals surface area contributed by atoms with E-state index in [1.54, 1.807) is 11.1 Å². The molecule has 2 aromatic heterocycles. The zero-order chi connectivity index (χ0) is 26.1. The molecule has 10 nitrogen and oxygen atoms in total. The summed E-state index contributed by atoms with van der Waals surface area (Å²) in [5.74, 6) is -0.401. The summed E-state index contributed by atoms with van der Waals surface area (Å²) >= 11 is 5.95. The third-order valence-corrected chi connectivity index (χ3v) is 6.83. The first-order valence-corrected chi connectivity index (χ1v) is 12.6. The maximum Gasteiger partial charge on any atom is 0.341 e. The molecule has 1 saturated carbocycles. The standard InChI is InChI=1S/C25H30ClFN8O2/c1-3-33-7-6-20(26)22(27)23(33)21(28)10-29-9-17-13-35(32-31-17)14-18-12-34-11-16(15-4-5-15)8-19(24(34)30-18)25(36)37-2/h6-8,11-13,15,29,31-32H,3-5,9-10,14,28H2,1-2H3/p+1/b23-21-. The SMILES string of the molecule is CCN1C=CC(Cl)=C(F)/C1=C(/N)CNCC1=CN(Cc2cn3cc(C4CC4)cc(C(=O)OC)c3n2)[NH2+]N1. The van der Waals surface area contributed by atoms with E-state index in [9.17, 15) is 9.18 Å². The average Bonchev–Trinajstić information content (AvgIpc) is 3.53. The minimum Gasteiger partial charge on any atom is -0.465 e. The van der Waals surface area contributed by atoms with Crippen molar-refractivity contribution in [3.05, 3.63) is 81.7 Å². The highest BCUT2D eigenvalue weighted by molar-refractivity contribution is 6.31. The first-order chi connectivity index (χ1) is 17.9. The lowest BCUT2D eigenvalue weighted by Crippen LogP contribution is -2.96. The van der Waals surface area contributed by atoms with Gasteiger partial charge in [-0.3, -0.25) is 0 Å². The van der Waals surface area contributed by atoms with Crippen molar-refractivity contribution in [2.45, 2.75) is 32.2 Å². The summed E-state index contributed by atoms with van der Waals surface area (Å²) < 4.78 is 21.5. The van der Waals surface area contributed by atoms with E-state index in [-0.39, 0.29) is 11.0 Å². The largest absolute Gasteiger partial charge is 0.465 e. The summed E-state index contributed by atoms with van der Waals surface area (Å²) in [4.78, 5) is 18.8. The van der Waals surface area contributed by atoms with E-state index in [1.165, 1.54) is 13.2 Å². The minimum atomic E-state index is -0.518. The Hall–Kier alpha value is -3.54. The summed E-state index contributed by atoms with van der Waals surface area (Å²) in [6.07, 6.45) is 11.5. The lowest BCUT2D eigenvalue weighted by molar-refractivity contribution is -0.826. The highest BCUT2D eigenvalue weighted by atomic mass is 35.5. The Morgan fingerprint density at radius 3 is 2.95 bits per heavy atom. The van der Waals surface area contributed by atoms with Crippen molar-refractivity contribution in [2.24, 2.45) is 5.73 Å². The highest BCUT2D eigenvalue weighted by Crippen LogP contribution is 2.40. The van der Waals surface area contributed by atoms with Crippen LogP contribution in [0.5, 0.6) is 0 Å². The number of halogens is 2. The number of allylic oxidation sites excluding steroid dienone is 3. The number of hydrogen-bond donors (Lipinski definition) is 4. The van der Waals surface area contributed by atoms with Crippen molar-refractivity contribution in [3.8, 4) is 0 Å². The summed E-state index contributed by atoms with van der Waals surface area (Å²) in [7, 11) is 1.39. The number of imidazole rings is 1. The quantitative estimate of drug-likeness (QED) is 0.286. The molecule has 0 unspecified atom stereocenters. The molecule has 0 spiro atoms. The molecule has 37 heavy (non-hydrogen) atoms. The van der Waals surface area contributed by atoms with Crippen LogP contribution in [0.1, 0.15) is 47.3 Å². The topological polar surface area (TPSA) is 117 Å². The normalized spacial score (nSPS) is 19.0. The smallest absolute Gasteiger partial charge is 0.341 e. The Kier molecular flexibility index (Phi) is 7.09. The molecule has 6 N–H and O–H groups in total. The molecule has 0 radical (unpaired) electrons. The molecule has 12 heteroatoms. The number of nitrogens with two attached hydrogens (primary N) is 2. The molecule has 3 aliphatic rings. The predicted octanol–water partition coefficient (Wildman–Crippen LogP) is 1.67. The van der Waals surface area contributed by atoms with E-state index in [0.717, 1.165) is 29.8 Å². The van der Waals surface area contributed by atoms with E-state index >= 15 is 0 Å². The van der Waals surface area contributed by atoms with Gasteiger partial charge >= 0.3 is 5.97 Å². The van der Waals surface area contributed by atoms with Gasteiger partial charge in [0.1, 0.15) is 12.1 Å². The maximum atomic E-state index is 14.6. The van der Waals surface area contributed by atoms with Crippen molar-refractivity contribution in [1.29, 1.82) is 0 Å². The third kappa shape index (κ3) is 5.29. The van der Waals surface area contributed by atoms with Gasteiger partial charge in [-0.05, 0) is 43.4 Å². The van der Waals surface area contributed by atoms with Gasteiger partial charge in [-0.25, -0.2) is 24.6 Å². The zero-order valence-corrected chi connectivity index (χ0v) is 21.6. The zero-order valence-electron chi connectivity index (χ0n) is 20.8. The van der Waals surface area contributed by atoms with Crippen LogP contribution in [0.4, 0.5) is 4.39 Å². The van der Waals surface area contributed by atoms with Crippen LogP contribution in [-0.2, 0) is 11.3 Å². The Morgan fingerprint density at radius 2 is 2.22 bits per heavy atom. The number of pyridine rings is 1. The summed E-state index contributed by atoms with van der Waals surface area (Å²) in [6, 6.07) is 1.91. The van der Waals surface area contributed by atoms with Gasteiger partial charge in [-0.1, -0.05) is 11.6 Å². The fraction of sp³-hybridized carbons (Fsp3) is 0.360. The van der Waals surface area contributed by atoms with Crippen LogP contribution in [-0.4, -0.2) is 52.0 Å². The molecule has 0 aromatic carbocycles. The van der Waals surface area contributed by atoms with E-state index in [4.69, 9.17) is 27.1 Å². The Balaban J connectivity index is 1.23. The second-order valence-electron chi connectivity index (χ2n) is 9.26. The molecular formula is C25H31ClFN8O2+. The van der Waals surface area contributed by atoms with Gasteiger partial charge in [-0.15, -0.1) is 5.53 Å². The third-order valence-electron chi connectivity index (χ3n) is 6.54. The fourth-order valence-corrected chi connectivity index (χ4v) is 4.66. The molecule has 5 rings (SSSR count). The van der Waals surface area contributed by atoms with Gasteiger partial charge in [-0.2, -0.15) is 0 Å². The monoisotopic (exact) mass is 529 g/mol. The van der Waals surface area contributed by atoms with Crippen molar-refractivity contribution < 1.29 is 19.5 Å². The molecular weight excluding hydrogens is 499 g/mol. The van der Waals surface area contributed by atoms with Crippen LogP contribution in [0, 0.1) is 0 Å². The minimum absolute atomic E-state index is 0.0440. The van der Waals surface area contributed by atoms with Gasteiger partial charge in [0.2, 0.25) is 0 Å². The number of fused-ring (bicyclic) bond motifs is 1. The number of carbonyl (C=O) groups is 1. The summed E-state index contributed by atoms with van der Waals surface area (Å²) in [5.41, 5.74) is 15.9.